The van der Waals surface area contributed by atoms with E-state index >= 15 is 0 Å². The van der Waals surface area contributed by atoms with Crippen LogP contribution in [0.25, 0.3) is 0 Å². The molecule has 2 aromatic carbocycles. The maximum atomic E-state index is 13.6. The average Bonchev–Trinajstić information content (AvgIpc) is 2.99. The van der Waals surface area contributed by atoms with Crippen molar-refractivity contribution in [2.45, 2.75) is 44.9 Å². The fourth-order valence-electron chi connectivity index (χ4n) is 3.94. The molecule has 1 amide bonds. The third kappa shape index (κ3) is 3.80. The van der Waals surface area contributed by atoms with E-state index in [-0.39, 0.29) is 12.5 Å². The Kier molecular flexibility index (Phi) is 6.54. The van der Waals surface area contributed by atoms with Crippen molar-refractivity contribution in [1.82, 2.24) is 0 Å². The molecule has 1 spiro atoms. The first-order valence-corrected chi connectivity index (χ1v) is 11.1. The second-order valence-electron chi connectivity index (χ2n) is 7.47. The van der Waals surface area contributed by atoms with Crippen molar-refractivity contribution in [3.8, 4) is 5.75 Å². The second kappa shape index (κ2) is 9.15. The van der Waals surface area contributed by atoms with E-state index in [2.05, 4.69) is 6.92 Å². The number of unbranched alkanes of at least 4 members (excludes halogenated alkanes) is 2. The SMILES string of the molecule is CCCCCOc1ccccc1CN1C(=O)C2(OCCCO2)c2c(Cl)ccc(Cl)c21. The summed E-state index contributed by atoms with van der Waals surface area (Å²) in [5.74, 6) is -1.09. The number of hydrogen-bond acceptors (Lipinski definition) is 4. The van der Waals surface area contributed by atoms with E-state index in [1.54, 1.807) is 17.0 Å². The maximum absolute atomic E-state index is 13.6. The summed E-state index contributed by atoms with van der Waals surface area (Å²) in [5, 5.41) is 0.829. The molecule has 4 rings (SSSR count). The van der Waals surface area contributed by atoms with Crippen LogP contribution in [0, 0.1) is 0 Å². The number of para-hydroxylation sites is 1. The van der Waals surface area contributed by atoms with Crippen LogP contribution in [0.1, 0.15) is 43.7 Å². The van der Waals surface area contributed by atoms with Crippen molar-refractivity contribution in [3.63, 3.8) is 0 Å². The molecular formula is C23H25Cl2NO4. The van der Waals surface area contributed by atoms with Gasteiger partial charge in [-0.3, -0.25) is 4.79 Å². The summed E-state index contributed by atoms with van der Waals surface area (Å²) in [5.41, 5.74) is 1.91. The van der Waals surface area contributed by atoms with Crippen LogP contribution in [0.4, 0.5) is 5.69 Å². The highest BCUT2D eigenvalue weighted by Gasteiger charge is 2.57. The van der Waals surface area contributed by atoms with E-state index in [9.17, 15) is 4.79 Å². The van der Waals surface area contributed by atoms with Gasteiger partial charge in [-0.2, -0.15) is 0 Å². The molecule has 0 radical (unpaired) electrons. The zero-order valence-corrected chi connectivity index (χ0v) is 18.5. The van der Waals surface area contributed by atoms with Crippen LogP contribution in [0.15, 0.2) is 36.4 Å². The van der Waals surface area contributed by atoms with Gasteiger partial charge in [0.1, 0.15) is 5.75 Å². The predicted octanol–water partition coefficient (Wildman–Crippen LogP) is 5.70. The predicted molar refractivity (Wildman–Crippen MR) is 117 cm³/mol. The summed E-state index contributed by atoms with van der Waals surface area (Å²) < 4.78 is 17.8. The summed E-state index contributed by atoms with van der Waals surface area (Å²) in [4.78, 5) is 15.2. The highest BCUT2D eigenvalue weighted by molar-refractivity contribution is 6.38. The van der Waals surface area contributed by atoms with Gasteiger partial charge in [0, 0.05) is 5.56 Å². The minimum Gasteiger partial charge on any atom is -0.493 e. The van der Waals surface area contributed by atoms with E-state index in [4.69, 9.17) is 37.4 Å². The molecule has 2 aromatic rings. The molecular weight excluding hydrogens is 425 g/mol. The van der Waals surface area contributed by atoms with Gasteiger partial charge in [-0.1, -0.05) is 61.2 Å². The normalized spacial score (nSPS) is 17.4. The lowest BCUT2D eigenvalue weighted by Crippen LogP contribution is -2.47. The van der Waals surface area contributed by atoms with E-state index in [1.807, 2.05) is 24.3 Å². The first-order valence-electron chi connectivity index (χ1n) is 10.4. The minimum atomic E-state index is -1.54. The van der Waals surface area contributed by atoms with Gasteiger partial charge < -0.3 is 19.1 Å². The Morgan fingerprint density at radius 2 is 1.80 bits per heavy atom. The largest absolute Gasteiger partial charge is 0.493 e. The Morgan fingerprint density at radius 1 is 1.07 bits per heavy atom. The van der Waals surface area contributed by atoms with Gasteiger partial charge in [-0.15, -0.1) is 0 Å². The third-order valence-electron chi connectivity index (χ3n) is 5.41. The summed E-state index contributed by atoms with van der Waals surface area (Å²) in [6.45, 7) is 3.91. The topological polar surface area (TPSA) is 48.0 Å². The molecule has 7 heteroatoms. The highest BCUT2D eigenvalue weighted by Crippen LogP contribution is 2.52. The minimum absolute atomic E-state index is 0.282. The summed E-state index contributed by atoms with van der Waals surface area (Å²) in [6, 6.07) is 11.1. The maximum Gasteiger partial charge on any atom is 0.292 e. The summed E-state index contributed by atoms with van der Waals surface area (Å²) >= 11 is 13.0. The lowest BCUT2D eigenvalue weighted by molar-refractivity contribution is -0.256. The van der Waals surface area contributed by atoms with Crippen LogP contribution < -0.4 is 9.64 Å². The van der Waals surface area contributed by atoms with Crippen molar-refractivity contribution >= 4 is 34.8 Å². The van der Waals surface area contributed by atoms with Crippen LogP contribution >= 0.6 is 23.2 Å². The molecule has 30 heavy (non-hydrogen) atoms. The molecule has 0 aliphatic carbocycles. The molecule has 2 heterocycles. The second-order valence-corrected chi connectivity index (χ2v) is 8.29. The number of anilines is 1. The van der Waals surface area contributed by atoms with E-state index < -0.39 is 5.79 Å². The number of ether oxygens (including phenoxy) is 3. The highest BCUT2D eigenvalue weighted by atomic mass is 35.5. The van der Waals surface area contributed by atoms with Crippen LogP contribution in [-0.4, -0.2) is 25.7 Å². The van der Waals surface area contributed by atoms with Gasteiger partial charge in [-0.05, 0) is 31.0 Å². The number of halogens is 2. The van der Waals surface area contributed by atoms with Gasteiger partial charge in [-0.25, -0.2) is 0 Å². The molecule has 0 atom stereocenters. The van der Waals surface area contributed by atoms with E-state index in [1.165, 1.54) is 0 Å². The van der Waals surface area contributed by atoms with E-state index in [0.29, 0.717) is 41.1 Å². The molecule has 2 aliphatic heterocycles. The van der Waals surface area contributed by atoms with Crippen LogP contribution in [0.5, 0.6) is 5.75 Å². The van der Waals surface area contributed by atoms with Crippen LogP contribution in [-0.2, 0) is 26.6 Å². The van der Waals surface area contributed by atoms with Crippen molar-refractivity contribution in [2.24, 2.45) is 0 Å². The zero-order valence-electron chi connectivity index (χ0n) is 17.0. The molecule has 0 N–H and O–H groups in total. The molecule has 160 valence electrons. The average molecular weight is 450 g/mol. The number of fused-ring (bicyclic) bond motifs is 2. The van der Waals surface area contributed by atoms with Crippen LogP contribution in [0.2, 0.25) is 10.0 Å². The Balaban J connectivity index is 1.68. The molecule has 2 aliphatic rings. The van der Waals surface area contributed by atoms with Crippen molar-refractivity contribution in [2.75, 3.05) is 24.7 Å². The summed E-state index contributed by atoms with van der Waals surface area (Å²) in [6.07, 6.45) is 3.95. The molecule has 1 fully saturated rings. The number of nitrogens with zero attached hydrogens (tertiary/aromatic N) is 1. The quantitative estimate of drug-likeness (QED) is 0.508. The van der Waals surface area contributed by atoms with Crippen LogP contribution in [0.3, 0.4) is 0 Å². The Labute approximate surface area is 186 Å². The number of rotatable bonds is 7. The van der Waals surface area contributed by atoms with E-state index in [0.717, 1.165) is 37.0 Å². The molecule has 0 unspecified atom stereocenters. The van der Waals surface area contributed by atoms with Crippen molar-refractivity contribution < 1.29 is 19.0 Å². The number of carbonyl (C=O) groups is 1. The number of carbonyl (C=O) groups excluding carboxylic acids is 1. The van der Waals surface area contributed by atoms with Gasteiger partial charge >= 0.3 is 0 Å². The van der Waals surface area contributed by atoms with Gasteiger partial charge in [0.15, 0.2) is 0 Å². The molecule has 1 saturated heterocycles. The van der Waals surface area contributed by atoms with Gasteiger partial charge in [0.2, 0.25) is 0 Å². The molecule has 5 nitrogen and oxygen atoms in total. The van der Waals surface area contributed by atoms with Gasteiger partial charge in [0.25, 0.3) is 11.7 Å². The summed E-state index contributed by atoms with van der Waals surface area (Å²) in [7, 11) is 0. The Morgan fingerprint density at radius 3 is 2.57 bits per heavy atom. The fraction of sp³-hybridized carbons (Fsp3) is 0.435. The number of hydrogen-bond donors (Lipinski definition) is 0. The van der Waals surface area contributed by atoms with Gasteiger partial charge in [0.05, 0.1) is 47.7 Å². The molecule has 0 aromatic heterocycles. The number of amides is 1. The van der Waals surface area contributed by atoms with Crippen molar-refractivity contribution in [3.05, 3.63) is 57.6 Å². The smallest absolute Gasteiger partial charge is 0.292 e. The lowest BCUT2D eigenvalue weighted by Gasteiger charge is -2.32. The first kappa shape index (κ1) is 21.4. The monoisotopic (exact) mass is 449 g/mol. The Hall–Kier alpha value is -1.79. The lowest BCUT2D eigenvalue weighted by atomic mass is 10.1. The standard InChI is InChI=1S/C23H25Cl2NO4/c1-2-3-6-12-28-19-9-5-4-8-16(19)15-26-21-18(25)11-10-17(24)20(21)23(22(26)27)29-13-7-14-30-23/h4-5,8-11H,2-3,6-7,12-15H2,1H3. The third-order valence-corrected chi connectivity index (χ3v) is 6.03. The molecule has 0 saturated carbocycles. The zero-order chi connectivity index (χ0) is 21.1. The van der Waals surface area contributed by atoms with Crippen molar-refractivity contribution in [1.29, 1.82) is 0 Å². The Bertz CT molecular complexity index is 927. The number of benzene rings is 2. The fourth-order valence-corrected chi connectivity index (χ4v) is 4.47. The first-order chi connectivity index (χ1) is 14.6. The molecule has 0 bridgehead atoms.